The molecule has 3 rings (SSSR count). The SMILES string of the molecule is CS(=O)(=O)N[C@@H]1CCCN(c2nc3ccccc3o2)C1. The van der Waals surface area contributed by atoms with Crippen molar-refractivity contribution >= 4 is 27.1 Å². The van der Waals surface area contributed by atoms with Gasteiger partial charge in [0, 0.05) is 19.1 Å². The van der Waals surface area contributed by atoms with E-state index in [9.17, 15) is 8.42 Å². The van der Waals surface area contributed by atoms with E-state index in [1.54, 1.807) is 0 Å². The number of fused-ring (bicyclic) bond motifs is 1. The molecule has 0 radical (unpaired) electrons. The van der Waals surface area contributed by atoms with E-state index in [0.717, 1.165) is 30.5 Å². The number of piperidine rings is 1. The maximum atomic E-state index is 11.3. The molecule has 6 nitrogen and oxygen atoms in total. The largest absolute Gasteiger partial charge is 0.423 e. The lowest BCUT2D eigenvalue weighted by Gasteiger charge is -2.31. The summed E-state index contributed by atoms with van der Waals surface area (Å²) in [6.07, 6.45) is 2.93. The van der Waals surface area contributed by atoms with Gasteiger partial charge in [-0.2, -0.15) is 4.98 Å². The molecule has 1 aliphatic heterocycles. The summed E-state index contributed by atoms with van der Waals surface area (Å²) in [5, 5.41) is 0. The van der Waals surface area contributed by atoms with Crippen LogP contribution in [0.5, 0.6) is 0 Å². The van der Waals surface area contributed by atoms with E-state index in [4.69, 9.17) is 4.42 Å². The molecule has 7 heteroatoms. The molecule has 0 aliphatic carbocycles. The van der Waals surface area contributed by atoms with Crippen LogP contribution in [0.3, 0.4) is 0 Å². The Balaban J connectivity index is 1.79. The zero-order valence-corrected chi connectivity index (χ0v) is 12.1. The van der Waals surface area contributed by atoms with Gasteiger partial charge >= 0.3 is 0 Å². The Morgan fingerprint density at radius 2 is 2.20 bits per heavy atom. The van der Waals surface area contributed by atoms with Gasteiger partial charge in [-0.25, -0.2) is 13.1 Å². The molecule has 0 bridgehead atoms. The van der Waals surface area contributed by atoms with Crippen molar-refractivity contribution in [3.05, 3.63) is 24.3 Å². The first kappa shape index (κ1) is 13.4. The van der Waals surface area contributed by atoms with E-state index < -0.39 is 10.0 Å². The maximum Gasteiger partial charge on any atom is 0.298 e. The van der Waals surface area contributed by atoms with Gasteiger partial charge in [0.25, 0.3) is 6.01 Å². The van der Waals surface area contributed by atoms with E-state index in [-0.39, 0.29) is 6.04 Å². The molecular formula is C13H17N3O3S. The van der Waals surface area contributed by atoms with Crippen molar-refractivity contribution in [3.63, 3.8) is 0 Å². The fraction of sp³-hybridized carbons (Fsp3) is 0.462. The minimum Gasteiger partial charge on any atom is -0.423 e. The number of hydrogen-bond donors (Lipinski definition) is 1. The predicted octanol–water partition coefficient (Wildman–Crippen LogP) is 1.35. The Kier molecular flexibility index (Phi) is 3.39. The van der Waals surface area contributed by atoms with Crippen LogP contribution in [0.1, 0.15) is 12.8 Å². The Morgan fingerprint density at radius 3 is 2.95 bits per heavy atom. The number of hydrogen-bond acceptors (Lipinski definition) is 5. The summed E-state index contributed by atoms with van der Waals surface area (Å²) in [7, 11) is -3.18. The summed E-state index contributed by atoms with van der Waals surface area (Å²) in [5.74, 6) is 0. The predicted molar refractivity (Wildman–Crippen MR) is 77.2 cm³/mol. The maximum absolute atomic E-state index is 11.3. The lowest BCUT2D eigenvalue weighted by atomic mass is 10.1. The molecule has 1 aliphatic rings. The lowest BCUT2D eigenvalue weighted by Crippen LogP contribution is -2.47. The molecule has 0 saturated carbocycles. The molecule has 2 aromatic rings. The van der Waals surface area contributed by atoms with Crippen LogP contribution < -0.4 is 9.62 Å². The van der Waals surface area contributed by atoms with Gasteiger partial charge in [-0.3, -0.25) is 0 Å². The number of sulfonamides is 1. The van der Waals surface area contributed by atoms with Crippen molar-refractivity contribution in [3.8, 4) is 0 Å². The normalized spacial score (nSPS) is 20.4. The van der Waals surface area contributed by atoms with Gasteiger partial charge in [-0.05, 0) is 25.0 Å². The van der Waals surface area contributed by atoms with E-state index in [1.165, 1.54) is 6.26 Å². The first-order chi connectivity index (χ1) is 9.51. The van der Waals surface area contributed by atoms with Crippen molar-refractivity contribution in [2.45, 2.75) is 18.9 Å². The van der Waals surface area contributed by atoms with Crippen molar-refractivity contribution in [2.24, 2.45) is 0 Å². The minimum absolute atomic E-state index is 0.0891. The summed E-state index contributed by atoms with van der Waals surface area (Å²) in [6.45, 7) is 1.41. The highest BCUT2D eigenvalue weighted by Crippen LogP contribution is 2.24. The van der Waals surface area contributed by atoms with E-state index in [1.807, 2.05) is 29.2 Å². The number of para-hydroxylation sites is 2. The minimum atomic E-state index is -3.18. The van der Waals surface area contributed by atoms with Crippen molar-refractivity contribution in [2.75, 3.05) is 24.2 Å². The molecule has 2 heterocycles. The van der Waals surface area contributed by atoms with E-state index in [0.29, 0.717) is 12.6 Å². The van der Waals surface area contributed by atoms with Gasteiger partial charge in [-0.1, -0.05) is 12.1 Å². The van der Waals surface area contributed by atoms with E-state index >= 15 is 0 Å². The van der Waals surface area contributed by atoms with Crippen molar-refractivity contribution in [1.82, 2.24) is 9.71 Å². The first-order valence-electron chi connectivity index (χ1n) is 6.59. The highest BCUT2D eigenvalue weighted by molar-refractivity contribution is 7.88. The topological polar surface area (TPSA) is 75.4 Å². The molecule has 1 atom stereocenters. The Hall–Kier alpha value is -1.60. The molecule has 108 valence electrons. The lowest BCUT2D eigenvalue weighted by molar-refractivity contribution is 0.441. The van der Waals surface area contributed by atoms with Gasteiger partial charge in [0.15, 0.2) is 5.58 Å². The Labute approximate surface area is 117 Å². The third-order valence-electron chi connectivity index (χ3n) is 3.36. The Bertz CT molecular complexity index is 677. The van der Waals surface area contributed by atoms with Crippen LogP contribution in [0.4, 0.5) is 6.01 Å². The molecular weight excluding hydrogens is 278 g/mol. The zero-order valence-electron chi connectivity index (χ0n) is 11.2. The molecule has 0 spiro atoms. The third-order valence-corrected chi connectivity index (χ3v) is 4.12. The molecule has 1 N–H and O–H groups in total. The average Bonchev–Trinajstić information content (AvgIpc) is 2.80. The molecule has 0 amide bonds. The molecule has 1 aromatic heterocycles. The highest BCUT2D eigenvalue weighted by atomic mass is 32.2. The summed E-state index contributed by atoms with van der Waals surface area (Å²) in [6, 6.07) is 8.07. The van der Waals surface area contributed by atoms with Crippen LogP contribution in [0.15, 0.2) is 28.7 Å². The van der Waals surface area contributed by atoms with E-state index in [2.05, 4.69) is 9.71 Å². The van der Waals surface area contributed by atoms with Crippen molar-refractivity contribution in [1.29, 1.82) is 0 Å². The van der Waals surface area contributed by atoms with Crippen LogP contribution in [-0.4, -0.2) is 38.8 Å². The van der Waals surface area contributed by atoms with Crippen LogP contribution in [-0.2, 0) is 10.0 Å². The number of benzene rings is 1. The molecule has 0 unspecified atom stereocenters. The van der Waals surface area contributed by atoms with Crippen LogP contribution >= 0.6 is 0 Å². The van der Waals surface area contributed by atoms with Gasteiger partial charge < -0.3 is 9.32 Å². The second-order valence-electron chi connectivity index (χ2n) is 5.14. The quantitative estimate of drug-likeness (QED) is 0.925. The fourth-order valence-electron chi connectivity index (χ4n) is 2.55. The molecule has 20 heavy (non-hydrogen) atoms. The summed E-state index contributed by atoms with van der Waals surface area (Å²) in [5.41, 5.74) is 1.57. The number of nitrogens with one attached hydrogen (secondary N) is 1. The molecule has 1 aromatic carbocycles. The second-order valence-corrected chi connectivity index (χ2v) is 6.92. The zero-order chi connectivity index (χ0) is 14.2. The van der Waals surface area contributed by atoms with Crippen LogP contribution in [0, 0.1) is 0 Å². The van der Waals surface area contributed by atoms with Gasteiger partial charge in [0.1, 0.15) is 5.52 Å². The standard InChI is InChI=1S/C13H17N3O3S/c1-20(17,18)15-10-5-4-8-16(9-10)13-14-11-6-2-3-7-12(11)19-13/h2-3,6-7,10,15H,4-5,8-9H2,1H3/t10-/m1/s1. The van der Waals surface area contributed by atoms with Crippen LogP contribution in [0.2, 0.25) is 0 Å². The summed E-state index contributed by atoms with van der Waals surface area (Å²) in [4.78, 5) is 6.44. The second kappa shape index (κ2) is 5.06. The first-order valence-corrected chi connectivity index (χ1v) is 8.48. The molecule has 1 fully saturated rings. The van der Waals surface area contributed by atoms with Gasteiger partial charge in [0.2, 0.25) is 10.0 Å². The summed E-state index contributed by atoms with van der Waals surface area (Å²) < 4.78 is 31.0. The third kappa shape index (κ3) is 2.94. The Morgan fingerprint density at radius 1 is 1.40 bits per heavy atom. The average molecular weight is 295 g/mol. The fourth-order valence-corrected chi connectivity index (χ4v) is 3.34. The van der Waals surface area contributed by atoms with Gasteiger partial charge in [-0.15, -0.1) is 0 Å². The molecule has 1 saturated heterocycles. The number of aromatic nitrogens is 1. The number of rotatable bonds is 3. The number of anilines is 1. The van der Waals surface area contributed by atoms with Gasteiger partial charge in [0.05, 0.1) is 6.26 Å². The number of oxazole rings is 1. The van der Waals surface area contributed by atoms with Crippen molar-refractivity contribution < 1.29 is 12.8 Å². The number of nitrogens with zero attached hydrogens (tertiary/aromatic N) is 2. The van der Waals surface area contributed by atoms with Crippen LogP contribution in [0.25, 0.3) is 11.1 Å². The smallest absolute Gasteiger partial charge is 0.298 e. The highest BCUT2D eigenvalue weighted by Gasteiger charge is 2.25. The monoisotopic (exact) mass is 295 g/mol. The summed E-state index contributed by atoms with van der Waals surface area (Å²) >= 11 is 0.